The summed E-state index contributed by atoms with van der Waals surface area (Å²) < 4.78 is 1.88. The molecule has 3 rings (SSSR count). The van der Waals surface area contributed by atoms with Crippen molar-refractivity contribution in [2.75, 3.05) is 13.6 Å². The molecule has 1 aliphatic rings. The van der Waals surface area contributed by atoms with Crippen molar-refractivity contribution in [3.63, 3.8) is 0 Å². The fourth-order valence-corrected chi connectivity index (χ4v) is 3.12. The quantitative estimate of drug-likeness (QED) is 0.885. The van der Waals surface area contributed by atoms with Gasteiger partial charge in [0.25, 0.3) is 0 Å². The first kappa shape index (κ1) is 17.0. The number of likely N-dealkylation sites (N-methyl/N-ethyl adjacent to an activating group) is 1. The first-order valence-corrected chi connectivity index (χ1v) is 8.34. The highest BCUT2D eigenvalue weighted by Crippen LogP contribution is 2.17. The van der Waals surface area contributed by atoms with Crippen molar-refractivity contribution in [2.45, 2.75) is 32.9 Å². The van der Waals surface area contributed by atoms with E-state index in [1.54, 1.807) is 11.9 Å². The molecule has 0 unspecified atom stereocenters. The molecule has 2 N–H and O–H groups in total. The first-order valence-electron chi connectivity index (χ1n) is 8.34. The number of hydrogen-bond donors (Lipinski definition) is 2. The number of benzene rings is 1. The maximum atomic E-state index is 12.1. The Hall–Kier alpha value is -2.83. The molecule has 3 amide bonds. The van der Waals surface area contributed by atoms with Crippen LogP contribution in [-0.2, 0) is 11.3 Å². The third kappa shape index (κ3) is 3.65. The molecule has 25 heavy (non-hydrogen) atoms. The van der Waals surface area contributed by atoms with Crippen molar-refractivity contribution < 1.29 is 9.59 Å². The third-order valence-corrected chi connectivity index (χ3v) is 4.54. The Bertz CT molecular complexity index is 784. The first-order chi connectivity index (χ1) is 12.0. The van der Waals surface area contributed by atoms with E-state index in [2.05, 4.69) is 15.7 Å². The highest BCUT2D eigenvalue weighted by atomic mass is 16.2. The molecule has 7 nitrogen and oxygen atoms in total. The average molecular weight is 341 g/mol. The van der Waals surface area contributed by atoms with Gasteiger partial charge in [-0.25, -0.2) is 9.48 Å². The molecule has 1 aliphatic heterocycles. The van der Waals surface area contributed by atoms with E-state index in [4.69, 9.17) is 0 Å². The van der Waals surface area contributed by atoms with E-state index in [0.717, 1.165) is 22.6 Å². The lowest BCUT2D eigenvalue weighted by molar-refractivity contribution is -0.126. The predicted molar refractivity (Wildman–Crippen MR) is 94.5 cm³/mol. The number of carbonyl (C=O) groups excluding carboxylic acids is 2. The summed E-state index contributed by atoms with van der Waals surface area (Å²) in [6.07, 6.45) is 0.355. The molecule has 1 aromatic carbocycles. The number of rotatable bonds is 4. The van der Waals surface area contributed by atoms with E-state index in [1.807, 2.05) is 48.9 Å². The second kappa shape index (κ2) is 6.96. The Morgan fingerprint density at radius 2 is 2.00 bits per heavy atom. The average Bonchev–Trinajstić information content (AvgIpc) is 3.05. The minimum Gasteiger partial charge on any atom is -0.344 e. The maximum Gasteiger partial charge on any atom is 0.315 e. The van der Waals surface area contributed by atoms with Crippen molar-refractivity contribution in [1.29, 1.82) is 0 Å². The molecular formula is C18H23N5O2. The fourth-order valence-electron chi connectivity index (χ4n) is 3.12. The Morgan fingerprint density at radius 1 is 1.28 bits per heavy atom. The molecular weight excluding hydrogens is 318 g/mol. The van der Waals surface area contributed by atoms with Crippen molar-refractivity contribution in [3.05, 3.63) is 47.3 Å². The van der Waals surface area contributed by atoms with E-state index < -0.39 is 0 Å². The SMILES string of the molecule is Cc1nn(-c2ccccc2)c(C)c1CNC(=O)N[C@@H]1CC(=O)N(C)C1. The van der Waals surface area contributed by atoms with Gasteiger partial charge in [-0.15, -0.1) is 0 Å². The summed E-state index contributed by atoms with van der Waals surface area (Å²) in [7, 11) is 1.74. The van der Waals surface area contributed by atoms with Crippen molar-refractivity contribution in [3.8, 4) is 5.69 Å². The summed E-state index contributed by atoms with van der Waals surface area (Å²) >= 11 is 0. The molecule has 0 aliphatic carbocycles. The molecule has 7 heteroatoms. The lowest BCUT2D eigenvalue weighted by Crippen LogP contribution is -2.42. The van der Waals surface area contributed by atoms with Crippen LogP contribution in [0.1, 0.15) is 23.4 Å². The number of nitrogens with zero attached hydrogens (tertiary/aromatic N) is 3. The summed E-state index contributed by atoms with van der Waals surface area (Å²) in [5.41, 5.74) is 3.88. The Morgan fingerprint density at radius 3 is 2.64 bits per heavy atom. The Kier molecular flexibility index (Phi) is 4.74. The third-order valence-electron chi connectivity index (χ3n) is 4.54. The van der Waals surface area contributed by atoms with Gasteiger partial charge in [-0.2, -0.15) is 5.10 Å². The van der Waals surface area contributed by atoms with Crippen LogP contribution in [0.25, 0.3) is 5.69 Å². The molecule has 0 bridgehead atoms. The van der Waals surface area contributed by atoms with Gasteiger partial charge in [0.2, 0.25) is 5.91 Å². The van der Waals surface area contributed by atoms with Gasteiger partial charge in [0, 0.05) is 37.8 Å². The number of aromatic nitrogens is 2. The van der Waals surface area contributed by atoms with E-state index in [0.29, 0.717) is 19.5 Å². The number of amides is 3. The molecule has 0 spiro atoms. The highest BCUT2D eigenvalue weighted by molar-refractivity contribution is 5.81. The van der Waals surface area contributed by atoms with Crippen LogP contribution in [0.3, 0.4) is 0 Å². The van der Waals surface area contributed by atoms with Crippen LogP contribution in [0.5, 0.6) is 0 Å². The topological polar surface area (TPSA) is 79.3 Å². The molecule has 2 aromatic rings. The van der Waals surface area contributed by atoms with E-state index in [9.17, 15) is 9.59 Å². The summed E-state index contributed by atoms with van der Waals surface area (Å²) in [5, 5.41) is 10.3. The van der Waals surface area contributed by atoms with Crippen LogP contribution >= 0.6 is 0 Å². The van der Waals surface area contributed by atoms with Crippen LogP contribution in [0.15, 0.2) is 30.3 Å². The largest absolute Gasteiger partial charge is 0.344 e. The lowest BCUT2D eigenvalue weighted by atomic mass is 10.2. The maximum absolute atomic E-state index is 12.1. The summed E-state index contributed by atoms with van der Waals surface area (Å²) in [4.78, 5) is 25.2. The smallest absolute Gasteiger partial charge is 0.315 e. The van der Waals surface area contributed by atoms with Gasteiger partial charge in [-0.1, -0.05) is 18.2 Å². The van der Waals surface area contributed by atoms with Gasteiger partial charge in [0.15, 0.2) is 0 Å². The van der Waals surface area contributed by atoms with Crippen LogP contribution in [0.2, 0.25) is 0 Å². The van der Waals surface area contributed by atoms with Crippen LogP contribution < -0.4 is 10.6 Å². The number of urea groups is 1. The fraction of sp³-hybridized carbons (Fsp3) is 0.389. The normalized spacial score (nSPS) is 17.0. The zero-order valence-electron chi connectivity index (χ0n) is 14.7. The summed E-state index contributed by atoms with van der Waals surface area (Å²) in [6, 6.07) is 9.50. The van der Waals surface area contributed by atoms with Gasteiger partial charge in [0.1, 0.15) is 0 Å². The van der Waals surface area contributed by atoms with E-state index in [1.165, 1.54) is 0 Å². The summed E-state index contributed by atoms with van der Waals surface area (Å²) in [5.74, 6) is 0.0566. The zero-order valence-corrected chi connectivity index (χ0v) is 14.7. The van der Waals surface area contributed by atoms with Gasteiger partial charge < -0.3 is 15.5 Å². The molecule has 1 atom stereocenters. The molecule has 2 heterocycles. The number of aryl methyl sites for hydroxylation is 1. The second-order valence-electron chi connectivity index (χ2n) is 6.40. The van der Waals surface area contributed by atoms with Crippen molar-refractivity contribution in [1.82, 2.24) is 25.3 Å². The van der Waals surface area contributed by atoms with Crippen molar-refractivity contribution >= 4 is 11.9 Å². The number of hydrogen-bond acceptors (Lipinski definition) is 3. The lowest BCUT2D eigenvalue weighted by Gasteiger charge is -2.13. The molecule has 1 saturated heterocycles. The van der Waals surface area contributed by atoms with Gasteiger partial charge in [-0.3, -0.25) is 4.79 Å². The Balaban J connectivity index is 1.63. The molecule has 0 radical (unpaired) electrons. The van der Waals surface area contributed by atoms with E-state index in [-0.39, 0.29) is 18.0 Å². The minimum atomic E-state index is -0.264. The summed E-state index contributed by atoms with van der Waals surface area (Å²) in [6.45, 7) is 4.88. The van der Waals surface area contributed by atoms with Crippen molar-refractivity contribution in [2.24, 2.45) is 0 Å². The van der Waals surface area contributed by atoms with Gasteiger partial charge >= 0.3 is 6.03 Å². The number of nitrogens with one attached hydrogen (secondary N) is 2. The van der Waals surface area contributed by atoms with Crippen LogP contribution in [0.4, 0.5) is 4.79 Å². The molecule has 132 valence electrons. The molecule has 0 saturated carbocycles. The molecule has 1 fully saturated rings. The number of likely N-dealkylation sites (tertiary alicyclic amines) is 1. The molecule has 1 aromatic heterocycles. The second-order valence-corrected chi connectivity index (χ2v) is 6.40. The minimum absolute atomic E-state index is 0.0566. The number of carbonyl (C=O) groups is 2. The van der Waals surface area contributed by atoms with Crippen LogP contribution in [0, 0.1) is 13.8 Å². The monoisotopic (exact) mass is 341 g/mol. The highest BCUT2D eigenvalue weighted by Gasteiger charge is 2.27. The standard InChI is InChI=1S/C18H23N5O2/c1-12-16(13(2)23(21-12)15-7-5-4-6-8-15)10-19-18(25)20-14-9-17(24)22(3)11-14/h4-8,14H,9-11H2,1-3H3,(H2,19,20,25)/t14-/m1/s1. The zero-order chi connectivity index (χ0) is 18.0. The van der Waals surface area contributed by atoms with E-state index >= 15 is 0 Å². The van der Waals surface area contributed by atoms with Crippen LogP contribution in [-0.4, -0.2) is 46.3 Å². The van der Waals surface area contributed by atoms with Gasteiger partial charge in [-0.05, 0) is 26.0 Å². The predicted octanol–water partition coefficient (Wildman–Crippen LogP) is 1.52. The number of para-hydroxylation sites is 1. The van der Waals surface area contributed by atoms with Gasteiger partial charge in [0.05, 0.1) is 17.4 Å². The Labute approximate surface area is 147 Å².